The summed E-state index contributed by atoms with van der Waals surface area (Å²) in [5.74, 6) is 0.580. The summed E-state index contributed by atoms with van der Waals surface area (Å²) in [6.07, 6.45) is 4.47. The van der Waals surface area contributed by atoms with Crippen LogP contribution in [0.15, 0.2) is 35.5 Å². The van der Waals surface area contributed by atoms with E-state index < -0.39 is 0 Å². The van der Waals surface area contributed by atoms with Gasteiger partial charge in [0.25, 0.3) is 0 Å². The third-order valence-corrected chi connectivity index (χ3v) is 7.03. The molecule has 6 nitrogen and oxygen atoms in total. The molecular weight excluding hydrogens is 427 g/mol. The van der Waals surface area contributed by atoms with Crippen molar-refractivity contribution in [2.45, 2.75) is 64.1 Å². The number of aromatic nitrogens is 2. The molecule has 1 aromatic heterocycles. The van der Waals surface area contributed by atoms with Crippen molar-refractivity contribution in [3.63, 3.8) is 0 Å². The zero-order chi connectivity index (χ0) is 24.4. The summed E-state index contributed by atoms with van der Waals surface area (Å²) in [5.41, 5.74) is 4.07. The second-order valence-electron chi connectivity index (χ2n) is 11.1. The largest absolute Gasteiger partial charge is 0.360 e. The third kappa shape index (κ3) is 3.97. The zero-order valence-corrected chi connectivity index (χ0v) is 20.7. The van der Waals surface area contributed by atoms with Gasteiger partial charge in [0, 0.05) is 49.2 Å². The van der Waals surface area contributed by atoms with Crippen LogP contribution in [0.4, 0.5) is 10.1 Å². The molecule has 0 unspecified atom stereocenters. The molecule has 176 valence electrons. The molecule has 7 heteroatoms. The number of benzene rings is 2. The summed E-state index contributed by atoms with van der Waals surface area (Å²) in [7, 11) is 3.91. The number of nitriles is 1. The van der Waals surface area contributed by atoms with Gasteiger partial charge in [-0.1, -0.05) is 0 Å². The molecule has 3 heterocycles. The number of aryl methyl sites for hydroxylation is 1. The highest BCUT2D eigenvalue weighted by atomic mass is 19.1. The molecule has 2 aliphatic rings. The van der Waals surface area contributed by atoms with Crippen LogP contribution in [-0.2, 0) is 13.5 Å². The molecule has 2 aliphatic heterocycles. The molecule has 0 atom stereocenters. The molecule has 5 rings (SSSR count). The van der Waals surface area contributed by atoms with Gasteiger partial charge in [0.15, 0.2) is 0 Å². The molecule has 2 aromatic carbocycles. The smallest absolute Gasteiger partial charge is 0.149 e. The zero-order valence-electron chi connectivity index (χ0n) is 20.7. The Kier molecular flexibility index (Phi) is 5.07. The van der Waals surface area contributed by atoms with Gasteiger partial charge in [0.2, 0.25) is 0 Å². The lowest BCUT2D eigenvalue weighted by Crippen LogP contribution is -2.62. The predicted molar refractivity (Wildman–Crippen MR) is 134 cm³/mol. The van der Waals surface area contributed by atoms with Gasteiger partial charge >= 0.3 is 0 Å². The SMILES string of the molecule is CN(C1=Nc2c(F)cc(-c3cc(C#N)c4nn(C)cc4c3)cc2C1)C1CC(C)(C)NC(C)(C)C1. The van der Waals surface area contributed by atoms with E-state index in [9.17, 15) is 5.26 Å². The Morgan fingerprint density at radius 1 is 1.12 bits per heavy atom. The standard InChI is InChI=1S/C27H31FN6/c1-26(2)12-21(13-27(3,4)32-26)34(6)23-11-18-7-17(10-22(28)25(18)30-23)16-8-19(14-29)24-20(9-16)15-33(5)31-24/h7-10,15,21,32H,11-13H2,1-6H3. The van der Waals surface area contributed by atoms with Gasteiger partial charge < -0.3 is 10.2 Å². The van der Waals surface area contributed by atoms with E-state index in [1.54, 1.807) is 10.7 Å². The summed E-state index contributed by atoms with van der Waals surface area (Å²) >= 11 is 0. The Labute approximate surface area is 200 Å². The van der Waals surface area contributed by atoms with Crippen LogP contribution in [-0.4, -0.2) is 44.7 Å². The first-order chi connectivity index (χ1) is 15.9. The van der Waals surface area contributed by atoms with Crippen LogP contribution in [0.2, 0.25) is 0 Å². The predicted octanol–water partition coefficient (Wildman–Crippen LogP) is 5.08. The number of halogens is 1. The number of piperidine rings is 1. The van der Waals surface area contributed by atoms with E-state index in [2.05, 4.69) is 56.1 Å². The number of hydrogen-bond donors (Lipinski definition) is 1. The average molecular weight is 459 g/mol. The molecule has 1 N–H and O–H groups in total. The monoisotopic (exact) mass is 458 g/mol. The van der Waals surface area contributed by atoms with Gasteiger partial charge in [-0.2, -0.15) is 10.4 Å². The quantitative estimate of drug-likeness (QED) is 0.582. The fourth-order valence-corrected chi connectivity index (χ4v) is 5.88. The van der Waals surface area contributed by atoms with Gasteiger partial charge in [-0.3, -0.25) is 4.68 Å². The maximum Gasteiger partial charge on any atom is 0.149 e. The van der Waals surface area contributed by atoms with Crippen molar-refractivity contribution in [1.29, 1.82) is 5.26 Å². The van der Waals surface area contributed by atoms with E-state index in [1.165, 1.54) is 6.07 Å². The molecule has 34 heavy (non-hydrogen) atoms. The number of aliphatic imine (C=N–C) groups is 1. The maximum absolute atomic E-state index is 15.2. The number of rotatable bonds is 2. The number of likely N-dealkylation sites (N-methyl/N-ethyl adjacent to an activating group) is 1. The van der Waals surface area contributed by atoms with Gasteiger partial charge in [0.1, 0.15) is 28.9 Å². The Bertz CT molecular complexity index is 1360. The summed E-state index contributed by atoms with van der Waals surface area (Å²) < 4.78 is 16.9. The van der Waals surface area contributed by atoms with E-state index in [1.807, 2.05) is 25.4 Å². The highest BCUT2D eigenvalue weighted by molar-refractivity contribution is 5.94. The fraction of sp³-hybridized carbons (Fsp3) is 0.444. The molecule has 0 aliphatic carbocycles. The molecule has 0 saturated carbocycles. The molecule has 0 spiro atoms. The van der Waals surface area contributed by atoms with Crippen molar-refractivity contribution in [2.75, 3.05) is 7.05 Å². The summed E-state index contributed by atoms with van der Waals surface area (Å²) in [4.78, 5) is 6.97. The molecular formula is C27H31FN6. The summed E-state index contributed by atoms with van der Waals surface area (Å²) in [5, 5.41) is 18.6. The van der Waals surface area contributed by atoms with Crippen LogP contribution in [0.5, 0.6) is 0 Å². The van der Waals surface area contributed by atoms with Crippen molar-refractivity contribution >= 4 is 22.4 Å². The Morgan fingerprint density at radius 3 is 2.47 bits per heavy atom. The van der Waals surface area contributed by atoms with Gasteiger partial charge in [0.05, 0.1) is 5.56 Å². The lowest BCUT2D eigenvalue weighted by atomic mass is 9.79. The number of amidine groups is 1. The summed E-state index contributed by atoms with van der Waals surface area (Å²) in [6.45, 7) is 8.95. The van der Waals surface area contributed by atoms with Crippen molar-refractivity contribution in [2.24, 2.45) is 12.0 Å². The van der Waals surface area contributed by atoms with Crippen molar-refractivity contribution in [3.8, 4) is 17.2 Å². The van der Waals surface area contributed by atoms with Gasteiger partial charge in [-0.25, -0.2) is 9.38 Å². The van der Waals surface area contributed by atoms with E-state index in [4.69, 9.17) is 4.99 Å². The van der Waals surface area contributed by atoms with Crippen LogP contribution >= 0.6 is 0 Å². The highest BCUT2D eigenvalue weighted by Gasteiger charge is 2.40. The Hall–Kier alpha value is -3.24. The summed E-state index contributed by atoms with van der Waals surface area (Å²) in [6, 6.07) is 9.85. The van der Waals surface area contributed by atoms with Crippen LogP contribution < -0.4 is 5.32 Å². The average Bonchev–Trinajstić information content (AvgIpc) is 3.33. The maximum atomic E-state index is 15.2. The van der Waals surface area contributed by atoms with Crippen molar-refractivity contribution in [3.05, 3.63) is 47.4 Å². The molecule has 0 amide bonds. The van der Waals surface area contributed by atoms with Crippen molar-refractivity contribution < 1.29 is 4.39 Å². The first-order valence-corrected chi connectivity index (χ1v) is 11.7. The van der Waals surface area contributed by atoms with Gasteiger partial charge in [-0.05, 0) is 81.5 Å². The van der Waals surface area contributed by atoms with Crippen LogP contribution in [0.25, 0.3) is 22.0 Å². The Balaban J connectivity index is 1.46. The molecule has 1 saturated heterocycles. The molecule has 3 aromatic rings. The molecule has 1 fully saturated rings. The number of hydrogen-bond acceptors (Lipinski definition) is 5. The number of nitrogens with zero attached hydrogens (tertiary/aromatic N) is 5. The van der Waals surface area contributed by atoms with Crippen molar-refractivity contribution in [1.82, 2.24) is 20.0 Å². The first-order valence-electron chi connectivity index (χ1n) is 11.7. The van der Waals surface area contributed by atoms with Crippen LogP contribution in [0, 0.1) is 17.1 Å². The van der Waals surface area contributed by atoms with Gasteiger partial charge in [-0.15, -0.1) is 0 Å². The normalized spacial score (nSPS) is 19.1. The molecule has 0 radical (unpaired) electrons. The lowest BCUT2D eigenvalue weighted by Gasteiger charge is -2.49. The number of fused-ring (bicyclic) bond motifs is 2. The topological polar surface area (TPSA) is 69.2 Å². The highest BCUT2D eigenvalue weighted by Crippen LogP contribution is 2.38. The minimum Gasteiger partial charge on any atom is -0.360 e. The van der Waals surface area contributed by atoms with Crippen LogP contribution in [0.1, 0.15) is 51.7 Å². The number of nitrogens with one attached hydrogen (secondary N) is 1. The molecule has 0 bridgehead atoms. The Morgan fingerprint density at radius 2 is 1.79 bits per heavy atom. The minimum absolute atomic E-state index is 0.0223. The van der Waals surface area contributed by atoms with Crippen LogP contribution in [0.3, 0.4) is 0 Å². The first kappa shape index (κ1) is 22.5. The van der Waals surface area contributed by atoms with E-state index >= 15 is 4.39 Å². The second kappa shape index (κ2) is 7.64. The van der Waals surface area contributed by atoms with E-state index in [-0.39, 0.29) is 16.9 Å². The third-order valence-electron chi connectivity index (χ3n) is 7.03. The lowest BCUT2D eigenvalue weighted by molar-refractivity contribution is 0.113. The van der Waals surface area contributed by atoms with E-state index in [0.717, 1.165) is 40.8 Å². The minimum atomic E-state index is -0.327. The van der Waals surface area contributed by atoms with E-state index in [0.29, 0.717) is 29.2 Å². The second-order valence-corrected chi connectivity index (χ2v) is 11.1. The fourth-order valence-electron chi connectivity index (χ4n) is 5.88.